The number of ether oxygens (including phenoxy) is 3. The standard InChI is InChI=1S/C19H21NO4/c1-10-8-11(2)16(12(3)9-10)20-18-13-6-7-14(22-4)17(23-5)15(13)19(21)24-18/h6-9,18,20H,1-5H3. The number of hydrogen-bond donors (Lipinski definition) is 1. The zero-order chi connectivity index (χ0) is 17.4. The van der Waals surface area contributed by atoms with E-state index >= 15 is 0 Å². The van der Waals surface area contributed by atoms with E-state index in [-0.39, 0.29) is 0 Å². The number of hydrogen-bond acceptors (Lipinski definition) is 5. The molecule has 0 aliphatic carbocycles. The largest absolute Gasteiger partial charge is 0.493 e. The van der Waals surface area contributed by atoms with Crippen molar-refractivity contribution in [3.63, 3.8) is 0 Å². The fourth-order valence-corrected chi connectivity index (χ4v) is 3.25. The number of aryl methyl sites for hydroxylation is 3. The van der Waals surface area contributed by atoms with Crippen molar-refractivity contribution >= 4 is 11.7 Å². The van der Waals surface area contributed by atoms with E-state index in [1.165, 1.54) is 12.7 Å². The van der Waals surface area contributed by atoms with Crippen molar-refractivity contribution in [2.45, 2.75) is 27.0 Å². The summed E-state index contributed by atoms with van der Waals surface area (Å²) < 4.78 is 16.2. The van der Waals surface area contributed by atoms with E-state index in [1.807, 2.05) is 19.9 Å². The molecular weight excluding hydrogens is 306 g/mol. The van der Waals surface area contributed by atoms with Gasteiger partial charge in [-0.2, -0.15) is 0 Å². The van der Waals surface area contributed by atoms with Crippen LogP contribution in [0.1, 0.15) is 38.8 Å². The van der Waals surface area contributed by atoms with Crippen LogP contribution in [0, 0.1) is 20.8 Å². The van der Waals surface area contributed by atoms with Gasteiger partial charge >= 0.3 is 5.97 Å². The van der Waals surface area contributed by atoms with Gasteiger partial charge in [0.05, 0.1) is 14.2 Å². The van der Waals surface area contributed by atoms with Crippen LogP contribution >= 0.6 is 0 Å². The summed E-state index contributed by atoms with van der Waals surface area (Å²) >= 11 is 0. The molecule has 0 bridgehead atoms. The van der Waals surface area contributed by atoms with Crippen molar-refractivity contribution in [1.82, 2.24) is 0 Å². The second kappa shape index (κ2) is 6.07. The number of fused-ring (bicyclic) bond motifs is 1. The van der Waals surface area contributed by atoms with Crippen LogP contribution in [0.2, 0.25) is 0 Å². The number of rotatable bonds is 4. The number of nitrogens with one attached hydrogen (secondary N) is 1. The summed E-state index contributed by atoms with van der Waals surface area (Å²) in [6, 6.07) is 7.81. The molecule has 126 valence electrons. The van der Waals surface area contributed by atoms with Gasteiger partial charge in [-0.05, 0) is 44.0 Å². The molecule has 0 saturated heterocycles. The molecule has 0 saturated carbocycles. The number of anilines is 1. The van der Waals surface area contributed by atoms with Crippen molar-refractivity contribution in [1.29, 1.82) is 0 Å². The highest BCUT2D eigenvalue weighted by atomic mass is 16.6. The molecule has 2 aromatic carbocycles. The molecule has 0 aromatic heterocycles. The van der Waals surface area contributed by atoms with E-state index in [0.717, 1.165) is 22.4 Å². The zero-order valence-electron chi connectivity index (χ0n) is 14.5. The number of methoxy groups -OCH3 is 2. The average Bonchev–Trinajstić information content (AvgIpc) is 2.86. The van der Waals surface area contributed by atoms with Crippen LogP contribution in [0.3, 0.4) is 0 Å². The predicted molar refractivity (Wildman–Crippen MR) is 92.0 cm³/mol. The van der Waals surface area contributed by atoms with Crippen molar-refractivity contribution in [3.8, 4) is 11.5 Å². The minimum atomic E-state index is -0.549. The highest BCUT2D eigenvalue weighted by Crippen LogP contribution is 2.42. The molecular formula is C19H21NO4. The Hall–Kier alpha value is -2.69. The van der Waals surface area contributed by atoms with Crippen molar-refractivity contribution in [2.75, 3.05) is 19.5 Å². The quantitative estimate of drug-likeness (QED) is 0.863. The van der Waals surface area contributed by atoms with Crippen LogP contribution in [0.25, 0.3) is 0 Å². The fourth-order valence-electron chi connectivity index (χ4n) is 3.25. The summed E-state index contributed by atoms with van der Waals surface area (Å²) in [5.41, 5.74) is 5.55. The predicted octanol–water partition coefficient (Wildman–Crippen LogP) is 3.91. The average molecular weight is 327 g/mol. The molecule has 1 heterocycles. The smallest absolute Gasteiger partial charge is 0.344 e. The molecule has 0 amide bonds. The molecule has 24 heavy (non-hydrogen) atoms. The molecule has 1 aliphatic heterocycles. The summed E-state index contributed by atoms with van der Waals surface area (Å²) in [6.07, 6.45) is -0.549. The Bertz CT molecular complexity index is 790. The minimum Gasteiger partial charge on any atom is -0.493 e. The van der Waals surface area contributed by atoms with Gasteiger partial charge in [-0.1, -0.05) is 17.7 Å². The molecule has 0 spiro atoms. The van der Waals surface area contributed by atoms with Gasteiger partial charge in [0, 0.05) is 11.3 Å². The lowest BCUT2D eigenvalue weighted by molar-refractivity contribution is 0.0435. The second-order valence-electron chi connectivity index (χ2n) is 5.97. The minimum absolute atomic E-state index is 0.404. The third-order valence-corrected chi connectivity index (χ3v) is 4.24. The normalized spacial score (nSPS) is 15.7. The van der Waals surface area contributed by atoms with Crippen molar-refractivity contribution in [3.05, 3.63) is 52.1 Å². The molecule has 5 nitrogen and oxygen atoms in total. The summed E-state index contributed by atoms with van der Waals surface area (Å²) in [5, 5.41) is 3.34. The monoisotopic (exact) mass is 327 g/mol. The van der Waals surface area contributed by atoms with Gasteiger partial charge in [0.15, 0.2) is 11.5 Å². The maximum atomic E-state index is 12.3. The van der Waals surface area contributed by atoms with E-state index < -0.39 is 12.2 Å². The van der Waals surface area contributed by atoms with Crippen LogP contribution in [0.5, 0.6) is 11.5 Å². The van der Waals surface area contributed by atoms with Gasteiger partial charge in [-0.25, -0.2) is 4.79 Å². The molecule has 1 N–H and O–H groups in total. The van der Waals surface area contributed by atoms with E-state index in [9.17, 15) is 4.79 Å². The molecule has 0 radical (unpaired) electrons. The highest BCUT2D eigenvalue weighted by Gasteiger charge is 2.36. The third-order valence-electron chi connectivity index (χ3n) is 4.24. The lowest BCUT2D eigenvalue weighted by Crippen LogP contribution is -2.12. The molecule has 2 aromatic rings. The van der Waals surface area contributed by atoms with E-state index in [0.29, 0.717) is 17.1 Å². The Labute approximate surface area is 141 Å². The lowest BCUT2D eigenvalue weighted by atomic mass is 10.0. The second-order valence-corrected chi connectivity index (χ2v) is 5.97. The van der Waals surface area contributed by atoms with E-state index in [1.54, 1.807) is 13.2 Å². The molecule has 1 unspecified atom stereocenters. The van der Waals surface area contributed by atoms with Crippen LogP contribution < -0.4 is 14.8 Å². The molecule has 5 heteroatoms. The topological polar surface area (TPSA) is 56.8 Å². The van der Waals surface area contributed by atoms with Gasteiger partial charge in [0.2, 0.25) is 6.23 Å². The first-order chi connectivity index (χ1) is 11.5. The lowest BCUT2D eigenvalue weighted by Gasteiger charge is -2.19. The summed E-state index contributed by atoms with van der Waals surface area (Å²) in [4.78, 5) is 12.3. The Morgan fingerprint density at radius 1 is 1.04 bits per heavy atom. The zero-order valence-corrected chi connectivity index (χ0v) is 14.5. The Kier molecular flexibility index (Phi) is 4.09. The summed E-state index contributed by atoms with van der Waals surface area (Å²) in [5.74, 6) is 0.499. The summed E-state index contributed by atoms with van der Waals surface area (Å²) in [7, 11) is 3.06. The third kappa shape index (κ3) is 2.56. The van der Waals surface area contributed by atoms with Gasteiger partial charge < -0.3 is 19.5 Å². The van der Waals surface area contributed by atoms with E-state index in [4.69, 9.17) is 14.2 Å². The van der Waals surface area contributed by atoms with E-state index in [2.05, 4.69) is 24.4 Å². The first kappa shape index (κ1) is 16.2. The maximum Gasteiger partial charge on any atom is 0.344 e. The number of carbonyl (C=O) groups is 1. The van der Waals surface area contributed by atoms with Gasteiger partial charge in [0.1, 0.15) is 5.56 Å². The van der Waals surface area contributed by atoms with Crippen molar-refractivity contribution < 1.29 is 19.0 Å². The Morgan fingerprint density at radius 3 is 2.29 bits per heavy atom. The number of cyclic esters (lactones) is 1. The molecule has 1 aliphatic rings. The van der Waals surface area contributed by atoms with Gasteiger partial charge in [-0.3, -0.25) is 0 Å². The Balaban J connectivity index is 2.02. The fraction of sp³-hybridized carbons (Fsp3) is 0.316. The molecule has 0 fully saturated rings. The number of carbonyl (C=O) groups excluding carboxylic acids is 1. The van der Waals surface area contributed by atoms with Crippen molar-refractivity contribution in [2.24, 2.45) is 0 Å². The molecule has 3 rings (SSSR count). The van der Waals surface area contributed by atoms with Gasteiger partial charge in [-0.15, -0.1) is 0 Å². The van der Waals surface area contributed by atoms with Crippen LogP contribution in [0.15, 0.2) is 24.3 Å². The molecule has 1 atom stereocenters. The number of benzene rings is 2. The van der Waals surface area contributed by atoms with Crippen LogP contribution in [-0.4, -0.2) is 20.2 Å². The first-order valence-corrected chi connectivity index (χ1v) is 7.76. The Morgan fingerprint density at radius 2 is 1.71 bits per heavy atom. The van der Waals surface area contributed by atoms with Crippen LogP contribution in [0.4, 0.5) is 5.69 Å². The van der Waals surface area contributed by atoms with Gasteiger partial charge in [0.25, 0.3) is 0 Å². The highest BCUT2D eigenvalue weighted by molar-refractivity contribution is 5.98. The number of esters is 1. The summed E-state index contributed by atoms with van der Waals surface area (Å²) in [6.45, 7) is 6.13. The maximum absolute atomic E-state index is 12.3. The SMILES string of the molecule is COc1ccc2c(c1OC)C(=O)OC2Nc1c(C)cc(C)cc1C. The first-order valence-electron chi connectivity index (χ1n) is 7.76. The van der Waals surface area contributed by atoms with Crippen LogP contribution in [-0.2, 0) is 4.74 Å².